The number of fused-ring (bicyclic) bond motifs is 1. The Morgan fingerprint density at radius 2 is 2.45 bits per heavy atom. The van der Waals surface area contributed by atoms with Crippen molar-refractivity contribution in [2.45, 2.75) is 6.04 Å². The molecule has 2 nitrogen and oxygen atoms in total. The maximum absolute atomic E-state index is 4.35. The number of hydrogen-bond acceptors (Lipinski definition) is 2. The van der Waals surface area contributed by atoms with Gasteiger partial charge in [-0.15, -0.1) is 0 Å². The molecule has 1 aliphatic carbocycles. The van der Waals surface area contributed by atoms with Crippen molar-refractivity contribution in [3.05, 3.63) is 36.1 Å². The Labute approximate surface area is 66.0 Å². The summed E-state index contributed by atoms with van der Waals surface area (Å²) in [5.41, 5.74) is 1.24. The number of rotatable bonds is 0. The lowest BCUT2D eigenvalue weighted by Gasteiger charge is -2.09. The van der Waals surface area contributed by atoms with E-state index in [4.69, 9.17) is 0 Å². The average molecular weight is 146 g/mol. The number of allylic oxidation sites excluding steroid dienone is 2. The summed E-state index contributed by atoms with van der Waals surface area (Å²) in [6.07, 6.45) is 12.2. The largest absolute Gasteiger partial charge is 0.386 e. The highest BCUT2D eigenvalue weighted by Gasteiger charge is 2.09. The summed E-state index contributed by atoms with van der Waals surface area (Å²) < 4.78 is 0. The Bertz CT molecular complexity index is 259. The van der Waals surface area contributed by atoms with Crippen LogP contribution in [0.2, 0.25) is 0 Å². The first-order valence-corrected chi connectivity index (χ1v) is 3.77. The fourth-order valence-electron chi connectivity index (χ4n) is 1.21. The quantitative estimate of drug-likeness (QED) is 0.542. The molecular weight excluding hydrogens is 136 g/mol. The predicted octanol–water partition coefficient (Wildman–Crippen LogP) is 1.04. The van der Waals surface area contributed by atoms with Crippen LogP contribution in [0, 0.1) is 0 Å². The van der Waals surface area contributed by atoms with Crippen molar-refractivity contribution in [2.75, 3.05) is 6.54 Å². The maximum atomic E-state index is 4.35. The number of nitrogens with zero attached hydrogens (tertiary/aromatic N) is 1. The van der Waals surface area contributed by atoms with Gasteiger partial charge in [0.05, 0.1) is 6.04 Å². The molecule has 0 aromatic heterocycles. The fraction of sp³-hybridized carbons (Fsp3) is 0.222. The molecule has 0 aromatic carbocycles. The zero-order valence-corrected chi connectivity index (χ0v) is 6.20. The normalized spacial score (nSPS) is 26.9. The van der Waals surface area contributed by atoms with E-state index in [1.165, 1.54) is 5.57 Å². The van der Waals surface area contributed by atoms with Gasteiger partial charge in [0, 0.05) is 19.0 Å². The molecule has 2 rings (SSSR count). The van der Waals surface area contributed by atoms with Crippen molar-refractivity contribution in [2.24, 2.45) is 4.99 Å². The molecule has 2 heteroatoms. The summed E-state index contributed by atoms with van der Waals surface area (Å²) in [4.78, 5) is 4.35. The molecule has 0 fully saturated rings. The van der Waals surface area contributed by atoms with Crippen LogP contribution in [0.1, 0.15) is 0 Å². The lowest BCUT2D eigenvalue weighted by atomic mass is 10.0. The molecule has 2 aliphatic rings. The summed E-state index contributed by atoms with van der Waals surface area (Å²) >= 11 is 0. The van der Waals surface area contributed by atoms with Crippen molar-refractivity contribution in [3.8, 4) is 0 Å². The molecule has 0 radical (unpaired) electrons. The van der Waals surface area contributed by atoms with Gasteiger partial charge in [-0.3, -0.25) is 4.99 Å². The van der Waals surface area contributed by atoms with E-state index >= 15 is 0 Å². The highest BCUT2D eigenvalue weighted by molar-refractivity contribution is 5.62. The topological polar surface area (TPSA) is 24.4 Å². The third kappa shape index (κ3) is 1.24. The molecule has 1 atom stereocenters. The van der Waals surface area contributed by atoms with Crippen LogP contribution in [0.3, 0.4) is 0 Å². The maximum Gasteiger partial charge on any atom is 0.0944 e. The minimum Gasteiger partial charge on any atom is -0.386 e. The molecule has 0 amide bonds. The van der Waals surface area contributed by atoms with Crippen molar-refractivity contribution < 1.29 is 0 Å². The minimum absolute atomic E-state index is 0.245. The van der Waals surface area contributed by atoms with E-state index in [0.29, 0.717) is 0 Å². The Balaban J connectivity index is 2.31. The van der Waals surface area contributed by atoms with Gasteiger partial charge in [0.15, 0.2) is 0 Å². The standard InChI is InChI=1S/C9H10N2/c1-2-4-9-8(3-1)7-10-5-6-11-9/h1-4,6-7,9-10H,5H2. The molecule has 0 spiro atoms. The molecule has 1 heterocycles. The molecule has 0 bridgehead atoms. The summed E-state index contributed by atoms with van der Waals surface area (Å²) in [6.45, 7) is 0.835. The van der Waals surface area contributed by atoms with Crippen LogP contribution in [0.25, 0.3) is 0 Å². The lowest BCUT2D eigenvalue weighted by Crippen LogP contribution is -2.07. The van der Waals surface area contributed by atoms with Crippen LogP contribution < -0.4 is 5.32 Å². The molecule has 1 aliphatic heterocycles. The fourth-order valence-corrected chi connectivity index (χ4v) is 1.21. The molecule has 11 heavy (non-hydrogen) atoms. The first-order chi connectivity index (χ1) is 5.47. The second-order valence-electron chi connectivity index (χ2n) is 2.57. The molecule has 56 valence electrons. The lowest BCUT2D eigenvalue weighted by molar-refractivity contribution is 0.968. The monoisotopic (exact) mass is 146 g/mol. The van der Waals surface area contributed by atoms with E-state index < -0.39 is 0 Å². The zero-order valence-electron chi connectivity index (χ0n) is 6.20. The van der Waals surface area contributed by atoms with Crippen molar-refractivity contribution in [3.63, 3.8) is 0 Å². The van der Waals surface area contributed by atoms with E-state index in [0.717, 1.165) is 6.54 Å². The zero-order chi connectivity index (χ0) is 7.52. The van der Waals surface area contributed by atoms with Gasteiger partial charge in [-0.1, -0.05) is 24.3 Å². The number of nitrogens with one attached hydrogen (secondary N) is 1. The van der Waals surface area contributed by atoms with Crippen LogP contribution in [-0.2, 0) is 0 Å². The highest BCUT2D eigenvalue weighted by atomic mass is 14.9. The van der Waals surface area contributed by atoms with E-state index in [9.17, 15) is 0 Å². The Morgan fingerprint density at radius 1 is 1.45 bits per heavy atom. The van der Waals surface area contributed by atoms with E-state index in [1.807, 2.05) is 24.6 Å². The van der Waals surface area contributed by atoms with Crippen LogP contribution in [-0.4, -0.2) is 18.8 Å². The molecular formula is C9H10N2. The molecule has 1 N–H and O–H groups in total. The summed E-state index contributed by atoms with van der Waals surface area (Å²) in [7, 11) is 0. The van der Waals surface area contributed by atoms with Crippen molar-refractivity contribution in [1.82, 2.24) is 5.32 Å². The molecule has 1 unspecified atom stereocenters. The van der Waals surface area contributed by atoms with Crippen molar-refractivity contribution >= 4 is 6.21 Å². The number of aliphatic imine (C=N–C) groups is 1. The van der Waals surface area contributed by atoms with E-state index in [-0.39, 0.29) is 6.04 Å². The first-order valence-electron chi connectivity index (χ1n) is 3.77. The Morgan fingerprint density at radius 3 is 3.45 bits per heavy atom. The van der Waals surface area contributed by atoms with Gasteiger partial charge < -0.3 is 5.32 Å². The third-order valence-corrected chi connectivity index (χ3v) is 1.78. The minimum atomic E-state index is 0.245. The van der Waals surface area contributed by atoms with Gasteiger partial charge in [0.1, 0.15) is 0 Å². The second kappa shape index (κ2) is 2.74. The average Bonchev–Trinajstić information content (AvgIpc) is 2.28. The number of hydrogen-bond donors (Lipinski definition) is 1. The van der Waals surface area contributed by atoms with Gasteiger partial charge in [-0.05, 0) is 5.57 Å². The Hall–Kier alpha value is -1.31. The van der Waals surface area contributed by atoms with Crippen LogP contribution in [0.5, 0.6) is 0 Å². The SMILES string of the molecule is C1=CC2=CNCC=NC2C=C1. The van der Waals surface area contributed by atoms with Gasteiger partial charge >= 0.3 is 0 Å². The van der Waals surface area contributed by atoms with Gasteiger partial charge in [0.25, 0.3) is 0 Å². The van der Waals surface area contributed by atoms with Gasteiger partial charge in [-0.25, -0.2) is 0 Å². The van der Waals surface area contributed by atoms with Crippen molar-refractivity contribution in [1.29, 1.82) is 0 Å². The summed E-state index contributed by atoms with van der Waals surface area (Å²) in [5.74, 6) is 0. The van der Waals surface area contributed by atoms with Gasteiger partial charge in [-0.2, -0.15) is 0 Å². The summed E-state index contributed by atoms with van der Waals surface area (Å²) in [5, 5.41) is 3.15. The summed E-state index contributed by atoms with van der Waals surface area (Å²) in [6, 6.07) is 0.245. The van der Waals surface area contributed by atoms with E-state index in [1.54, 1.807) is 0 Å². The van der Waals surface area contributed by atoms with Crippen LogP contribution in [0.15, 0.2) is 41.1 Å². The molecule has 0 aromatic rings. The molecule has 0 saturated carbocycles. The highest BCUT2D eigenvalue weighted by Crippen LogP contribution is 2.14. The van der Waals surface area contributed by atoms with Crippen LogP contribution in [0.4, 0.5) is 0 Å². The Kier molecular flexibility index (Phi) is 1.60. The predicted molar refractivity (Wildman–Crippen MR) is 46.6 cm³/mol. The first kappa shape index (κ1) is 6.40. The third-order valence-electron chi connectivity index (χ3n) is 1.78. The van der Waals surface area contributed by atoms with E-state index in [2.05, 4.69) is 22.5 Å². The second-order valence-corrected chi connectivity index (χ2v) is 2.57. The molecule has 0 saturated heterocycles. The van der Waals surface area contributed by atoms with Gasteiger partial charge in [0.2, 0.25) is 0 Å². The smallest absolute Gasteiger partial charge is 0.0944 e. The van der Waals surface area contributed by atoms with Crippen LogP contribution >= 0.6 is 0 Å².